The van der Waals surface area contributed by atoms with Crippen LogP contribution < -0.4 is 15.8 Å². The van der Waals surface area contributed by atoms with Crippen LogP contribution in [0.5, 0.6) is 5.75 Å². The largest absolute Gasteiger partial charge is 0.492 e. The zero-order chi connectivity index (χ0) is 14.5. The average Bonchev–Trinajstić information content (AvgIpc) is 2.42. The van der Waals surface area contributed by atoms with Crippen molar-refractivity contribution in [2.24, 2.45) is 5.73 Å². The molecule has 20 heavy (non-hydrogen) atoms. The summed E-state index contributed by atoms with van der Waals surface area (Å²) in [6.07, 6.45) is 0. The van der Waals surface area contributed by atoms with Gasteiger partial charge < -0.3 is 15.8 Å². The van der Waals surface area contributed by atoms with Gasteiger partial charge in [0.2, 0.25) is 5.91 Å². The van der Waals surface area contributed by atoms with Crippen molar-refractivity contribution in [2.75, 3.05) is 13.2 Å². The third-order valence-electron chi connectivity index (χ3n) is 2.90. The number of nitrogens with two attached hydrogens (primary N) is 1. The van der Waals surface area contributed by atoms with Crippen LogP contribution in [0.25, 0.3) is 10.8 Å². The molecule has 1 atom stereocenters. The molecule has 2 aromatic carbocycles. The summed E-state index contributed by atoms with van der Waals surface area (Å²) >= 11 is 3.45. The van der Waals surface area contributed by atoms with Crippen molar-refractivity contribution in [1.29, 1.82) is 0 Å². The van der Waals surface area contributed by atoms with E-state index in [2.05, 4.69) is 27.3 Å². The maximum atomic E-state index is 10.7. The lowest BCUT2D eigenvalue weighted by molar-refractivity contribution is -0.117. The summed E-state index contributed by atoms with van der Waals surface area (Å²) in [4.78, 5) is 10.7. The van der Waals surface area contributed by atoms with Crippen LogP contribution in [0.4, 0.5) is 0 Å². The summed E-state index contributed by atoms with van der Waals surface area (Å²) in [5, 5.41) is 5.28. The van der Waals surface area contributed by atoms with Crippen LogP contribution in [0.2, 0.25) is 0 Å². The molecule has 2 aromatic rings. The molecule has 0 radical (unpaired) electrons. The summed E-state index contributed by atoms with van der Waals surface area (Å²) in [6, 6.07) is 12.1. The first-order valence-corrected chi connectivity index (χ1v) is 7.18. The van der Waals surface area contributed by atoms with Crippen LogP contribution in [0.15, 0.2) is 40.9 Å². The number of halogens is 1. The van der Waals surface area contributed by atoms with E-state index in [4.69, 9.17) is 10.5 Å². The summed E-state index contributed by atoms with van der Waals surface area (Å²) in [7, 11) is 0. The van der Waals surface area contributed by atoms with E-state index in [0.717, 1.165) is 21.0 Å². The number of ether oxygens (including phenoxy) is 1. The molecule has 3 N–H and O–H groups in total. The Balaban J connectivity index is 1.96. The Morgan fingerprint density at radius 2 is 2.00 bits per heavy atom. The molecular weight excluding hydrogens is 320 g/mol. The Hall–Kier alpha value is -1.59. The van der Waals surface area contributed by atoms with E-state index in [9.17, 15) is 4.79 Å². The Labute approximate surface area is 126 Å². The molecule has 0 saturated carbocycles. The van der Waals surface area contributed by atoms with Gasteiger partial charge in [-0.05, 0) is 42.0 Å². The quantitative estimate of drug-likeness (QED) is 0.851. The summed E-state index contributed by atoms with van der Waals surface area (Å²) < 4.78 is 6.77. The van der Waals surface area contributed by atoms with Crippen molar-refractivity contribution >= 4 is 32.6 Å². The van der Waals surface area contributed by atoms with Crippen molar-refractivity contribution in [3.63, 3.8) is 0 Å². The van der Waals surface area contributed by atoms with Gasteiger partial charge in [0.05, 0.1) is 6.54 Å². The van der Waals surface area contributed by atoms with E-state index in [-0.39, 0.29) is 18.5 Å². The maximum absolute atomic E-state index is 10.7. The first-order valence-electron chi connectivity index (χ1n) is 6.38. The Bertz CT molecular complexity index is 616. The number of rotatable bonds is 6. The molecular formula is C15H17BrN2O2. The number of hydrogen-bond acceptors (Lipinski definition) is 3. The second kappa shape index (κ2) is 6.72. The molecule has 0 aliphatic carbocycles. The first kappa shape index (κ1) is 14.8. The molecule has 0 heterocycles. The first-order chi connectivity index (χ1) is 9.54. The predicted octanol–water partition coefficient (Wildman–Crippen LogP) is 2.44. The third kappa shape index (κ3) is 4.21. The number of carbonyl (C=O) groups is 1. The minimum atomic E-state index is -0.367. The lowest BCUT2D eigenvalue weighted by atomic mass is 10.1. The average molecular weight is 337 g/mol. The van der Waals surface area contributed by atoms with Gasteiger partial charge in [0.1, 0.15) is 12.4 Å². The van der Waals surface area contributed by atoms with Crippen molar-refractivity contribution in [1.82, 2.24) is 5.32 Å². The van der Waals surface area contributed by atoms with E-state index < -0.39 is 0 Å². The Morgan fingerprint density at radius 3 is 2.75 bits per heavy atom. The lowest BCUT2D eigenvalue weighted by Crippen LogP contribution is -2.38. The van der Waals surface area contributed by atoms with Gasteiger partial charge in [0.15, 0.2) is 0 Å². The van der Waals surface area contributed by atoms with Gasteiger partial charge in [-0.3, -0.25) is 4.79 Å². The normalized spacial score (nSPS) is 12.3. The number of carbonyl (C=O) groups excluding carboxylic acids is 1. The summed E-state index contributed by atoms with van der Waals surface area (Å²) in [6.45, 7) is 2.59. The highest BCUT2D eigenvalue weighted by Crippen LogP contribution is 2.24. The third-order valence-corrected chi connectivity index (χ3v) is 3.39. The molecule has 0 aromatic heterocycles. The van der Waals surface area contributed by atoms with Crippen molar-refractivity contribution in [2.45, 2.75) is 13.0 Å². The molecule has 5 heteroatoms. The van der Waals surface area contributed by atoms with Crippen LogP contribution in [0, 0.1) is 0 Å². The fourth-order valence-electron chi connectivity index (χ4n) is 1.84. The number of hydrogen-bond donors (Lipinski definition) is 2. The molecule has 0 saturated heterocycles. The van der Waals surface area contributed by atoms with Crippen LogP contribution in [0.3, 0.4) is 0 Å². The highest BCUT2D eigenvalue weighted by molar-refractivity contribution is 9.10. The fourth-order valence-corrected chi connectivity index (χ4v) is 2.22. The number of nitrogens with one attached hydrogen (secondary N) is 1. The van der Waals surface area contributed by atoms with Gasteiger partial charge >= 0.3 is 0 Å². The van der Waals surface area contributed by atoms with Gasteiger partial charge in [0.25, 0.3) is 0 Å². The van der Waals surface area contributed by atoms with Gasteiger partial charge in [-0.2, -0.15) is 0 Å². The molecule has 0 unspecified atom stereocenters. The fraction of sp³-hybridized carbons (Fsp3) is 0.267. The monoisotopic (exact) mass is 336 g/mol. The van der Waals surface area contributed by atoms with E-state index in [1.54, 1.807) is 0 Å². The van der Waals surface area contributed by atoms with E-state index in [0.29, 0.717) is 6.61 Å². The number of primary amides is 1. The summed E-state index contributed by atoms with van der Waals surface area (Å²) in [5.41, 5.74) is 5.08. The highest BCUT2D eigenvalue weighted by Gasteiger charge is 2.05. The minimum Gasteiger partial charge on any atom is -0.492 e. The highest BCUT2D eigenvalue weighted by atomic mass is 79.9. The topological polar surface area (TPSA) is 64.3 Å². The number of benzene rings is 2. The van der Waals surface area contributed by atoms with Crippen LogP contribution in [-0.2, 0) is 4.79 Å². The van der Waals surface area contributed by atoms with E-state index >= 15 is 0 Å². The molecule has 0 aliphatic heterocycles. The molecule has 2 rings (SSSR count). The van der Waals surface area contributed by atoms with Crippen molar-refractivity contribution in [3.8, 4) is 5.75 Å². The zero-order valence-corrected chi connectivity index (χ0v) is 12.8. The van der Waals surface area contributed by atoms with Gasteiger partial charge in [-0.1, -0.05) is 28.1 Å². The van der Waals surface area contributed by atoms with Crippen LogP contribution >= 0.6 is 15.9 Å². The maximum Gasteiger partial charge on any atom is 0.231 e. The lowest BCUT2D eigenvalue weighted by Gasteiger charge is -2.14. The van der Waals surface area contributed by atoms with E-state index in [1.807, 2.05) is 37.3 Å². The van der Waals surface area contributed by atoms with Crippen LogP contribution in [-0.4, -0.2) is 25.1 Å². The van der Waals surface area contributed by atoms with Crippen LogP contribution in [0.1, 0.15) is 6.92 Å². The minimum absolute atomic E-state index is 0.0584. The number of amides is 1. The molecule has 0 bridgehead atoms. The van der Waals surface area contributed by atoms with E-state index in [1.165, 1.54) is 0 Å². The molecule has 4 nitrogen and oxygen atoms in total. The van der Waals surface area contributed by atoms with Gasteiger partial charge in [0, 0.05) is 10.5 Å². The zero-order valence-electron chi connectivity index (χ0n) is 11.2. The smallest absolute Gasteiger partial charge is 0.231 e. The second-order valence-electron chi connectivity index (χ2n) is 4.71. The Morgan fingerprint density at radius 1 is 1.30 bits per heavy atom. The predicted molar refractivity (Wildman–Crippen MR) is 83.8 cm³/mol. The molecule has 1 amide bonds. The summed E-state index contributed by atoms with van der Waals surface area (Å²) in [5.74, 6) is 0.445. The van der Waals surface area contributed by atoms with Gasteiger partial charge in [-0.25, -0.2) is 0 Å². The Kier molecular flexibility index (Phi) is 4.98. The SMILES string of the molecule is C[C@@H](COc1ccc2cc(Br)ccc2c1)NCC(N)=O. The van der Waals surface area contributed by atoms with Gasteiger partial charge in [-0.15, -0.1) is 0 Å². The molecule has 0 aliphatic rings. The molecule has 0 fully saturated rings. The van der Waals surface area contributed by atoms with Crippen molar-refractivity contribution < 1.29 is 9.53 Å². The molecule has 0 spiro atoms. The molecule has 106 valence electrons. The standard InChI is InChI=1S/C15H17BrN2O2/c1-10(18-8-15(17)19)9-20-14-5-3-11-6-13(16)4-2-12(11)7-14/h2-7,10,18H,8-9H2,1H3,(H2,17,19)/t10-/m0/s1. The van der Waals surface area contributed by atoms with Crippen molar-refractivity contribution in [3.05, 3.63) is 40.9 Å². The second-order valence-corrected chi connectivity index (χ2v) is 5.63. The number of fused-ring (bicyclic) bond motifs is 1.